The van der Waals surface area contributed by atoms with Gasteiger partial charge in [-0.2, -0.15) is 0 Å². The zero-order valence-corrected chi connectivity index (χ0v) is 10.9. The molecule has 0 aliphatic heterocycles. The summed E-state index contributed by atoms with van der Waals surface area (Å²) < 4.78 is 0. The number of phenolic OH excluding ortho intramolecular Hbond substituents is 1. The first-order valence-electron chi connectivity index (χ1n) is 6.31. The van der Waals surface area contributed by atoms with Crippen molar-refractivity contribution in [1.82, 2.24) is 15.0 Å². The first kappa shape index (κ1) is 11.7. The number of fused-ring (bicyclic) bond motifs is 1. The van der Waals surface area contributed by atoms with Crippen LogP contribution in [-0.2, 0) is 0 Å². The van der Waals surface area contributed by atoms with E-state index in [0.29, 0.717) is 5.69 Å². The third-order valence-electron chi connectivity index (χ3n) is 3.17. The van der Waals surface area contributed by atoms with Crippen molar-refractivity contribution < 1.29 is 5.11 Å². The minimum Gasteiger partial charge on any atom is -0.505 e. The van der Waals surface area contributed by atoms with Crippen LogP contribution in [-0.4, -0.2) is 20.1 Å². The average molecular weight is 253 g/mol. The van der Waals surface area contributed by atoms with Crippen molar-refractivity contribution in [1.29, 1.82) is 0 Å². The highest BCUT2D eigenvalue weighted by Crippen LogP contribution is 2.30. The minimum atomic E-state index is 0.248. The Morgan fingerprint density at radius 1 is 0.947 bits per heavy atom. The molecule has 0 aliphatic carbocycles. The van der Waals surface area contributed by atoms with Crippen LogP contribution in [0.25, 0.3) is 16.7 Å². The lowest BCUT2D eigenvalue weighted by Gasteiger charge is -2.11. The van der Waals surface area contributed by atoms with Crippen molar-refractivity contribution in [2.24, 2.45) is 0 Å². The molecule has 2 aromatic carbocycles. The Morgan fingerprint density at radius 3 is 2.16 bits per heavy atom. The highest BCUT2D eigenvalue weighted by atomic mass is 16.3. The van der Waals surface area contributed by atoms with Crippen LogP contribution < -0.4 is 0 Å². The Hall–Kier alpha value is -2.36. The maximum Gasteiger partial charge on any atom is 0.146 e. The van der Waals surface area contributed by atoms with Crippen LogP contribution in [0, 0.1) is 0 Å². The van der Waals surface area contributed by atoms with Gasteiger partial charge in [0.15, 0.2) is 0 Å². The van der Waals surface area contributed by atoms with Crippen LogP contribution in [0.15, 0.2) is 42.5 Å². The number of benzene rings is 2. The lowest BCUT2D eigenvalue weighted by molar-refractivity contribution is 0.457. The van der Waals surface area contributed by atoms with Crippen molar-refractivity contribution in [3.63, 3.8) is 0 Å². The SMILES string of the molecule is CC(C)c1cccc(-n2nc3ccccc3n2)c1O. The van der Waals surface area contributed by atoms with Gasteiger partial charge in [-0.15, -0.1) is 15.0 Å². The van der Waals surface area contributed by atoms with Crippen LogP contribution in [0.1, 0.15) is 25.3 Å². The molecule has 4 heteroatoms. The summed E-state index contributed by atoms with van der Waals surface area (Å²) in [6, 6.07) is 13.3. The Bertz CT molecular complexity index is 698. The minimum absolute atomic E-state index is 0.248. The van der Waals surface area contributed by atoms with Crippen LogP contribution in [0.4, 0.5) is 0 Å². The van der Waals surface area contributed by atoms with Crippen molar-refractivity contribution in [2.75, 3.05) is 0 Å². The Labute approximate surface area is 111 Å². The van der Waals surface area contributed by atoms with E-state index in [2.05, 4.69) is 10.2 Å². The van der Waals surface area contributed by atoms with Gasteiger partial charge in [0.2, 0.25) is 0 Å². The summed E-state index contributed by atoms with van der Waals surface area (Å²) >= 11 is 0. The fourth-order valence-electron chi connectivity index (χ4n) is 2.14. The van der Waals surface area contributed by atoms with Gasteiger partial charge in [0.25, 0.3) is 0 Å². The van der Waals surface area contributed by atoms with E-state index in [1.807, 2.05) is 56.3 Å². The van der Waals surface area contributed by atoms with E-state index < -0.39 is 0 Å². The molecular formula is C15H15N3O. The van der Waals surface area contributed by atoms with Gasteiger partial charge in [-0.3, -0.25) is 0 Å². The molecule has 0 fully saturated rings. The van der Waals surface area contributed by atoms with Gasteiger partial charge >= 0.3 is 0 Å². The van der Waals surface area contributed by atoms with Crippen molar-refractivity contribution >= 4 is 11.0 Å². The van der Waals surface area contributed by atoms with Gasteiger partial charge in [-0.1, -0.05) is 38.1 Å². The summed E-state index contributed by atoms with van der Waals surface area (Å²) in [7, 11) is 0. The molecule has 4 nitrogen and oxygen atoms in total. The van der Waals surface area contributed by atoms with E-state index >= 15 is 0 Å². The summed E-state index contributed by atoms with van der Waals surface area (Å²) in [5, 5.41) is 19.1. The number of aromatic nitrogens is 3. The molecule has 0 saturated carbocycles. The molecule has 0 bridgehead atoms. The number of rotatable bonds is 2. The fourth-order valence-corrected chi connectivity index (χ4v) is 2.14. The fraction of sp³-hybridized carbons (Fsp3) is 0.200. The zero-order valence-electron chi connectivity index (χ0n) is 10.9. The molecule has 1 N–H and O–H groups in total. The lowest BCUT2D eigenvalue weighted by Crippen LogP contribution is -2.01. The van der Waals surface area contributed by atoms with E-state index in [1.165, 1.54) is 4.80 Å². The highest BCUT2D eigenvalue weighted by Gasteiger charge is 2.13. The second kappa shape index (κ2) is 4.39. The van der Waals surface area contributed by atoms with Crippen LogP contribution in [0.5, 0.6) is 5.75 Å². The topological polar surface area (TPSA) is 50.9 Å². The van der Waals surface area contributed by atoms with Crippen molar-refractivity contribution in [2.45, 2.75) is 19.8 Å². The summed E-state index contributed by atoms with van der Waals surface area (Å²) in [4.78, 5) is 1.49. The van der Waals surface area contributed by atoms with Crippen LogP contribution in [0.3, 0.4) is 0 Å². The van der Waals surface area contributed by atoms with E-state index in [9.17, 15) is 5.11 Å². The number of aromatic hydroxyl groups is 1. The molecule has 96 valence electrons. The third-order valence-corrected chi connectivity index (χ3v) is 3.17. The number of nitrogens with zero attached hydrogens (tertiary/aromatic N) is 3. The van der Waals surface area contributed by atoms with E-state index in [-0.39, 0.29) is 11.7 Å². The number of para-hydroxylation sites is 1. The monoisotopic (exact) mass is 253 g/mol. The molecular weight excluding hydrogens is 238 g/mol. The molecule has 1 heterocycles. The first-order valence-corrected chi connectivity index (χ1v) is 6.31. The van der Waals surface area contributed by atoms with Crippen LogP contribution >= 0.6 is 0 Å². The first-order chi connectivity index (χ1) is 9.16. The molecule has 0 radical (unpaired) electrons. The maximum absolute atomic E-state index is 10.3. The third kappa shape index (κ3) is 1.95. The number of hydrogen-bond donors (Lipinski definition) is 1. The van der Waals surface area contributed by atoms with Gasteiger partial charge in [-0.25, -0.2) is 0 Å². The molecule has 0 atom stereocenters. The summed E-state index contributed by atoms with van der Waals surface area (Å²) in [5.41, 5.74) is 3.15. The quantitative estimate of drug-likeness (QED) is 0.762. The van der Waals surface area contributed by atoms with Crippen molar-refractivity contribution in [3.8, 4) is 11.4 Å². The average Bonchev–Trinajstić information content (AvgIpc) is 2.82. The predicted octanol–water partition coefficient (Wildman–Crippen LogP) is 3.25. The Morgan fingerprint density at radius 2 is 1.58 bits per heavy atom. The van der Waals surface area contributed by atoms with Gasteiger partial charge < -0.3 is 5.11 Å². The second-order valence-electron chi connectivity index (χ2n) is 4.85. The normalized spacial score (nSPS) is 11.3. The van der Waals surface area contributed by atoms with Gasteiger partial charge in [0.05, 0.1) is 0 Å². The molecule has 19 heavy (non-hydrogen) atoms. The summed E-state index contributed by atoms with van der Waals surface area (Å²) in [6.45, 7) is 4.09. The molecule has 1 aromatic heterocycles. The Balaban J connectivity index is 2.18. The van der Waals surface area contributed by atoms with Crippen LogP contribution in [0.2, 0.25) is 0 Å². The highest BCUT2D eigenvalue weighted by molar-refractivity contribution is 5.73. The molecule has 0 spiro atoms. The second-order valence-corrected chi connectivity index (χ2v) is 4.85. The lowest BCUT2D eigenvalue weighted by atomic mass is 10.0. The number of hydrogen-bond acceptors (Lipinski definition) is 3. The molecule has 0 saturated heterocycles. The summed E-state index contributed by atoms with van der Waals surface area (Å²) in [5.74, 6) is 0.503. The zero-order chi connectivity index (χ0) is 13.4. The van der Waals surface area contributed by atoms with Gasteiger partial charge in [0.1, 0.15) is 22.5 Å². The van der Waals surface area contributed by atoms with Crippen molar-refractivity contribution in [3.05, 3.63) is 48.0 Å². The predicted molar refractivity (Wildman–Crippen MR) is 74.6 cm³/mol. The molecule has 3 rings (SSSR count). The molecule has 0 aliphatic rings. The Kier molecular flexibility index (Phi) is 2.71. The molecule has 3 aromatic rings. The van der Waals surface area contributed by atoms with E-state index in [1.54, 1.807) is 0 Å². The van der Waals surface area contributed by atoms with E-state index in [4.69, 9.17) is 0 Å². The maximum atomic E-state index is 10.3. The van der Waals surface area contributed by atoms with E-state index in [0.717, 1.165) is 16.6 Å². The summed E-state index contributed by atoms with van der Waals surface area (Å²) in [6.07, 6.45) is 0. The number of phenols is 1. The van der Waals surface area contributed by atoms with Gasteiger partial charge in [-0.05, 0) is 29.7 Å². The van der Waals surface area contributed by atoms with Gasteiger partial charge in [0, 0.05) is 0 Å². The molecule has 0 amide bonds. The smallest absolute Gasteiger partial charge is 0.146 e. The molecule has 0 unspecified atom stereocenters. The standard InChI is InChI=1S/C15H15N3O/c1-10(2)11-6-5-9-14(15(11)19)18-16-12-7-3-4-8-13(12)17-18/h3-10,19H,1-2H3. The largest absolute Gasteiger partial charge is 0.505 e.